The Morgan fingerprint density at radius 1 is 1.25 bits per heavy atom. The van der Waals surface area contributed by atoms with Crippen molar-refractivity contribution >= 4 is 44.8 Å². The summed E-state index contributed by atoms with van der Waals surface area (Å²) in [4.78, 5) is 22.4. The SMILES string of the molecule is O=C(Nc1ccc(Br)cc1F)c1ccc(COc2cc([N+](=O)[O-])ccc2Cl)o1. The number of hydrogen-bond acceptors (Lipinski definition) is 5. The number of furan rings is 1. The highest BCUT2D eigenvalue weighted by molar-refractivity contribution is 9.10. The second-order valence-electron chi connectivity index (χ2n) is 5.50. The summed E-state index contributed by atoms with van der Waals surface area (Å²) in [6, 6.07) is 10.9. The standard InChI is InChI=1S/C18H11BrClFN2O5/c19-10-1-5-15(14(21)7-10)22-18(24)16-6-3-12(28-16)9-27-17-8-11(23(25)26)2-4-13(17)20/h1-8H,9H2,(H,22,24). The molecule has 0 spiro atoms. The van der Waals surface area contributed by atoms with Crippen LogP contribution in [0.4, 0.5) is 15.8 Å². The lowest BCUT2D eigenvalue weighted by Gasteiger charge is -2.06. The van der Waals surface area contributed by atoms with E-state index in [0.29, 0.717) is 4.47 Å². The van der Waals surface area contributed by atoms with Crippen LogP contribution in [0.15, 0.2) is 57.4 Å². The summed E-state index contributed by atoms with van der Waals surface area (Å²) < 4.78 is 25.2. The van der Waals surface area contributed by atoms with Crippen LogP contribution in [0.5, 0.6) is 5.75 Å². The number of ether oxygens (including phenoxy) is 1. The molecule has 1 amide bonds. The summed E-state index contributed by atoms with van der Waals surface area (Å²) in [7, 11) is 0. The van der Waals surface area contributed by atoms with Crippen LogP contribution < -0.4 is 10.1 Å². The number of nitro groups is 1. The van der Waals surface area contributed by atoms with Crippen LogP contribution in [0, 0.1) is 15.9 Å². The number of anilines is 1. The minimum Gasteiger partial charge on any atom is -0.484 e. The lowest BCUT2D eigenvalue weighted by Crippen LogP contribution is -2.12. The van der Waals surface area contributed by atoms with E-state index in [1.807, 2.05) is 0 Å². The van der Waals surface area contributed by atoms with Crippen molar-refractivity contribution in [2.24, 2.45) is 0 Å². The second-order valence-corrected chi connectivity index (χ2v) is 6.83. The molecule has 3 aromatic rings. The molecule has 3 rings (SSSR count). The predicted octanol–water partition coefficient (Wildman–Crippen LogP) is 5.57. The highest BCUT2D eigenvalue weighted by Crippen LogP contribution is 2.29. The summed E-state index contributed by atoms with van der Waals surface area (Å²) in [5.74, 6) is -0.899. The van der Waals surface area contributed by atoms with Crippen molar-refractivity contribution in [1.29, 1.82) is 0 Å². The number of halogens is 3. The number of carbonyl (C=O) groups is 1. The number of non-ortho nitro benzene ring substituents is 1. The molecule has 0 radical (unpaired) electrons. The van der Waals surface area contributed by atoms with E-state index in [1.165, 1.54) is 42.5 Å². The number of nitrogens with zero attached hydrogens (tertiary/aromatic N) is 1. The van der Waals surface area contributed by atoms with Crippen molar-refractivity contribution in [3.8, 4) is 5.75 Å². The van der Waals surface area contributed by atoms with Crippen LogP contribution in [0.25, 0.3) is 0 Å². The Kier molecular flexibility index (Phi) is 5.96. The van der Waals surface area contributed by atoms with Gasteiger partial charge in [0.25, 0.3) is 11.6 Å². The van der Waals surface area contributed by atoms with Crippen LogP contribution in [0.2, 0.25) is 5.02 Å². The molecule has 0 aliphatic heterocycles. The molecule has 0 aliphatic carbocycles. The van der Waals surface area contributed by atoms with Crippen LogP contribution in [0.1, 0.15) is 16.3 Å². The van der Waals surface area contributed by atoms with E-state index in [4.69, 9.17) is 20.8 Å². The molecule has 0 aliphatic rings. The van der Waals surface area contributed by atoms with Crippen molar-refractivity contribution in [3.05, 3.63) is 85.5 Å². The number of benzene rings is 2. The maximum Gasteiger partial charge on any atom is 0.291 e. The summed E-state index contributed by atoms with van der Waals surface area (Å²) in [6.45, 7) is -0.110. The number of carbonyl (C=O) groups excluding carboxylic acids is 1. The van der Waals surface area contributed by atoms with E-state index in [-0.39, 0.29) is 40.3 Å². The number of hydrogen-bond donors (Lipinski definition) is 1. The molecule has 0 atom stereocenters. The summed E-state index contributed by atoms with van der Waals surface area (Å²) in [6.07, 6.45) is 0. The first-order chi connectivity index (χ1) is 13.3. The lowest BCUT2D eigenvalue weighted by molar-refractivity contribution is -0.384. The average Bonchev–Trinajstić information content (AvgIpc) is 3.12. The number of nitrogens with one attached hydrogen (secondary N) is 1. The fourth-order valence-electron chi connectivity index (χ4n) is 2.22. The number of rotatable bonds is 6. The molecular weight excluding hydrogens is 459 g/mol. The molecule has 144 valence electrons. The van der Waals surface area contributed by atoms with Gasteiger partial charge in [0.2, 0.25) is 0 Å². The molecule has 0 unspecified atom stereocenters. The first-order valence-corrected chi connectivity index (χ1v) is 8.92. The molecule has 7 nitrogen and oxygen atoms in total. The average molecular weight is 470 g/mol. The lowest BCUT2D eigenvalue weighted by atomic mass is 10.3. The number of nitro benzene ring substituents is 1. The minimum absolute atomic E-state index is 0.00535. The van der Waals surface area contributed by atoms with Gasteiger partial charge >= 0.3 is 0 Å². The first-order valence-electron chi connectivity index (χ1n) is 7.75. The normalized spacial score (nSPS) is 10.5. The third-order valence-electron chi connectivity index (χ3n) is 3.56. The van der Waals surface area contributed by atoms with Gasteiger partial charge in [0, 0.05) is 10.5 Å². The molecular formula is C18H11BrClFN2O5. The zero-order chi connectivity index (χ0) is 20.3. The molecule has 0 bridgehead atoms. The largest absolute Gasteiger partial charge is 0.484 e. The molecule has 10 heteroatoms. The van der Waals surface area contributed by atoms with Gasteiger partial charge in [0.05, 0.1) is 21.7 Å². The molecule has 0 fully saturated rings. The Balaban J connectivity index is 1.66. The summed E-state index contributed by atoms with van der Waals surface area (Å²) in [5, 5.41) is 13.4. The van der Waals surface area contributed by atoms with Gasteiger partial charge in [-0.2, -0.15) is 0 Å². The molecule has 2 aromatic carbocycles. The highest BCUT2D eigenvalue weighted by Gasteiger charge is 2.15. The van der Waals surface area contributed by atoms with Crippen LogP contribution in [-0.2, 0) is 6.61 Å². The van der Waals surface area contributed by atoms with Gasteiger partial charge in [-0.15, -0.1) is 0 Å². The Morgan fingerprint density at radius 3 is 2.75 bits per heavy atom. The highest BCUT2D eigenvalue weighted by atomic mass is 79.9. The van der Waals surface area contributed by atoms with E-state index in [0.717, 1.165) is 0 Å². The second kappa shape index (κ2) is 8.41. The van der Waals surface area contributed by atoms with Crippen molar-refractivity contribution in [2.75, 3.05) is 5.32 Å². The van der Waals surface area contributed by atoms with Gasteiger partial charge in [-0.05, 0) is 36.4 Å². The molecule has 1 aromatic heterocycles. The van der Waals surface area contributed by atoms with Gasteiger partial charge in [-0.1, -0.05) is 27.5 Å². The summed E-state index contributed by atoms with van der Waals surface area (Å²) in [5.41, 5.74) is -0.166. The van der Waals surface area contributed by atoms with Crippen molar-refractivity contribution in [2.45, 2.75) is 6.61 Å². The Morgan fingerprint density at radius 2 is 2.04 bits per heavy atom. The molecule has 1 heterocycles. The third kappa shape index (κ3) is 4.68. The Hall–Kier alpha value is -2.91. The molecule has 1 N–H and O–H groups in total. The fraction of sp³-hybridized carbons (Fsp3) is 0.0556. The Bertz CT molecular complexity index is 1060. The molecule has 28 heavy (non-hydrogen) atoms. The van der Waals surface area contributed by atoms with Gasteiger partial charge in [0.1, 0.15) is 23.9 Å². The topological polar surface area (TPSA) is 94.6 Å². The fourth-order valence-corrected chi connectivity index (χ4v) is 2.72. The first kappa shape index (κ1) is 19.8. The Labute approximate surface area is 171 Å². The minimum atomic E-state index is -0.638. The van der Waals surface area contributed by atoms with Gasteiger partial charge in [0.15, 0.2) is 5.76 Å². The van der Waals surface area contributed by atoms with E-state index in [9.17, 15) is 19.3 Å². The predicted molar refractivity (Wildman–Crippen MR) is 103 cm³/mol. The monoisotopic (exact) mass is 468 g/mol. The smallest absolute Gasteiger partial charge is 0.291 e. The van der Waals surface area contributed by atoms with E-state index in [2.05, 4.69) is 21.2 Å². The van der Waals surface area contributed by atoms with E-state index >= 15 is 0 Å². The van der Waals surface area contributed by atoms with Crippen molar-refractivity contribution in [1.82, 2.24) is 0 Å². The zero-order valence-electron chi connectivity index (χ0n) is 13.9. The van der Waals surface area contributed by atoms with Crippen LogP contribution in [0.3, 0.4) is 0 Å². The number of amides is 1. The quantitative estimate of drug-likeness (QED) is 0.376. The molecule has 0 saturated carbocycles. The molecule has 0 saturated heterocycles. The van der Waals surface area contributed by atoms with E-state index in [1.54, 1.807) is 6.07 Å². The van der Waals surface area contributed by atoms with Crippen LogP contribution >= 0.6 is 27.5 Å². The van der Waals surface area contributed by atoms with Crippen molar-refractivity contribution < 1.29 is 23.3 Å². The third-order valence-corrected chi connectivity index (χ3v) is 4.37. The van der Waals surface area contributed by atoms with E-state index < -0.39 is 16.6 Å². The zero-order valence-corrected chi connectivity index (χ0v) is 16.3. The van der Waals surface area contributed by atoms with Crippen LogP contribution in [-0.4, -0.2) is 10.8 Å². The van der Waals surface area contributed by atoms with Crippen molar-refractivity contribution in [3.63, 3.8) is 0 Å². The maximum atomic E-state index is 13.8. The maximum absolute atomic E-state index is 13.8. The van der Waals surface area contributed by atoms with Gasteiger partial charge in [-0.25, -0.2) is 4.39 Å². The van der Waals surface area contributed by atoms with Gasteiger partial charge in [-0.3, -0.25) is 14.9 Å². The van der Waals surface area contributed by atoms with Gasteiger partial charge < -0.3 is 14.5 Å². The summed E-state index contributed by atoms with van der Waals surface area (Å²) >= 11 is 9.09.